The molecule has 1 aromatic carbocycles. The molecule has 2 N–H and O–H groups in total. The number of fused-ring (bicyclic) bond motifs is 1. The Morgan fingerprint density at radius 2 is 2.19 bits per heavy atom. The molecule has 1 aromatic heterocycles. The Labute approximate surface area is 125 Å². The number of nitrogens with one attached hydrogen (secondary N) is 1. The molecule has 1 aliphatic heterocycles. The van der Waals surface area contributed by atoms with Gasteiger partial charge in [-0.25, -0.2) is 14.6 Å². The van der Waals surface area contributed by atoms with Crippen LogP contribution >= 0.6 is 11.3 Å². The molecule has 0 saturated heterocycles. The van der Waals surface area contributed by atoms with Crippen molar-refractivity contribution in [2.24, 2.45) is 0 Å². The van der Waals surface area contributed by atoms with E-state index in [0.29, 0.717) is 17.2 Å². The first-order valence-corrected chi connectivity index (χ1v) is 7.27. The summed E-state index contributed by atoms with van der Waals surface area (Å²) in [6.45, 7) is 1.83. The predicted octanol–water partition coefficient (Wildman–Crippen LogP) is 2.50. The summed E-state index contributed by atoms with van der Waals surface area (Å²) >= 11 is 1.31. The van der Waals surface area contributed by atoms with Crippen LogP contribution in [0, 0.1) is 6.92 Å². The van der Waals surface area contributed by atoms with Crippen LogP contribution in [0.15, 0.2) is 29.6 Å². The van der Waals surface area contributed by atoms with Crippen LogP contribution in [0.1, 0.15) is 11.3 Å². The minimum Gasteiger partial charge on any atom is -0.480 e. The lowest BCUT2D eigenvalue weighted by Crippen LogP contribution is -2.45. The van der Waals surface area contributed by atoms with E-state index in [2.05, 4.69) is 10.3 Å². The number of hydrogen-bond acceptors (Lipinski definition) is 4. The molecule has 0 spiro atoms. The average molecular weight is 303 g/mol. The standard InChI is InChI=1S/C14H13N3O3S/c1-8-7-21-13(15-8)16-14(20)17-10-5-3-2-4-9(10)6-11(17)12(18)19/h2-5,7,11H,6H2,1H3,(H,18,19)(H,15,16,20). The van der Waals surface area contributed by atoms with Crippen LogP contribution < -0.4 is 10.2 Å². The highest BCUT2D eigenvalue weighted by atomic mass is 32.1. The van der Waals surface area contributed by atoms with Gasteiger partial charge in [0.2, 0.25) is 0 Å². The first-order chi connectivity index (χ1) is 10.1. The van der Waals surface area contributed by atoms with E-state index >= 15 is 0 Å². The van der Waals surface area contributed by atoms with Gasteiger partial charge in [-0.3, -0.25) is 10.2 Å². The smallest absolute Gasteiger partial charge is 0.328 e. The number of anilines is 2. The van der Waals surface area contributed by atoms with E-state index in [1.807, 2.05) is 24.4 Å². The van der Waals surface area contributed by atoms with Crippen LogP contribution in [-0.4, -0.2) is 28.1 Å². The molecule has 7 heteroatoms. The number of aryl methyl sites for hydroxylation is 1. The Morgan fingerprint density at radius 3 is 2.86 bits per heavy atom. The second-order valence-corrected chi connectivity index (χ2v) is 5.64. The van der Waals surface area contributed by atoms with E-state index < -0.39 is 18.0 Å². The number of para-hydroxylation sites is 1. The minimum atomic E-state index is -1.02. The lowest BCUT2D eigenvalue weighted by Gasteiger charge is -2.22. The number of aromatic nitrogens is 1. The van der Waals surface area contributed by atoms with E-state index in [0.717, 1.165) is 11.3 Å². The van der Waals surface area contributed by atoms with E-state index in [9.17, 15) is 14.7 Å². The summed E-state index contributed by atoms with van der Waals surface area (Å²) in [4.78, 5) is 29.3. The molecule has 2 aromatic rings. The van der Waals surface area contributed by atoms with Crippen LogP contribution in [-0.2, 0) is 11.2 Å². The fourth-order valence-corrected chi connectivity index (χ4v) is 3.08. The number of carbonyl (C=O) groups excluding carboxylic acids is 1. The molecule has 1 unspecified atom stereocenters. The molecule has 0 bridgehead atoms. The molecular formula is C14H13N3O3S. The Bertz CT molecular complexity index is 713. The van der Waals surface area contributed by atoms with E-state index in [1.54, 1.807) is 12.1 Å². The Kier molecular flexibility index (Phi) is 3.34. The molecular weight excluding hydrogens is 290 g/mol. The fraction of sp³-hybridized carbons (Fsp3) is 0.214. The summed E-state index contributed by atoms with van der Waals surface area (Å²) in [6, 6.07) is 5.86. The first kappa shape index (κ1) is 13.6. The number of aliphatic carboxylic acids is 1. The van der Waals surface area contributed by atoms with E-state index in [1.165, 1.54) is 16.2 Å². The highest BCUT2D eigenvalue weighted by Gasteiger charge is 2.38. The maximum absolute atomic E-state index is 12.4. The Balaban J connectivity index is 1.90. The first-order valence-electron chi connectivity index (χ1n) is 6.39. The number of amides is 2. The molecule has 6 nitrogen and oxygen atoms in total. The number of rotatable bonds is 2. The quantitative estimate of drug-likeness (QED) is 0.893. The van der Waals surface area contributed by atoms with Crippen molar-refractivity contribution in [2.45, 2.75) is 19.4 Å². The molecule has 3 rings (SSSR count). The number of urea groups is 1. The third kappa shape index (κ3) is 2.47. The summed E-state index contributed by atoms with van der Waals surface area (Å²) in [6.07, 6.45) is 0.315. The van der Waals surface area contributed by atoms with Gasteiger partial charge >= 0.3 is 12.0 Å². The zero-order valence-electron chi connectivity index (χ0n) is 11.2. The van der Waals surface area contributed by atoms with Gasteiger partial charge in [-0.2, -0.15) is 0 Å². The van der Waals surface area contributed by atoms with Gasteiger partial charge < -0.3 is 5.11 Å². The molecule has 2 amide bonds. The molecule has 0 saturated carbocycles. The third-order valence-electron chi connectivity index (χ3n) is 3.31. The van der Waals surface area contributed by atoms with Crippen molar-refractivity contribution in [3.05, 3.63) is 40.9 Å². The number of thiazole rings is 1. The topological polar surface area (TPSA) is 82.5 Å². The van der Waals surface area contributed by atoms with Crippen LogP contribution in [0.3, 0.4) is 0 Å². The number of benzene rings is 1. The zero-order valence-corrected chi connectivity index (χ0v) is 12.1. The van der Waals surface area contributed by atoms with Crippen molar-refractivity contribution in [3.63, 3.8) is 0 Å². The fourth-order valence-electron chi connectivity index (χ4n) is 2.40. The normalized spacial score (nSPS) is 16.6. The van der Waals surface area contributed by atoms with Gasteiger partial charge in [-0.1, -0.05) is 18.2 Å². The second kappa shape index (κ2) is 5.17. The lowest BCUT2D eigenvalue weighted by molar-refractivity contribution is -0.138. The van der Waals surface area contributed by atoms with Crippen molar-refractivity contribution in [1.29, 1.82) is 0 Å². The van der Waals surface area contributed by atoms with Crippen LogP contribution in [0.2, 0.25) is 0 Å². The van der Waals surface area contributed by atoms with Crippen molar-refractivity contribution in [3.8, 4) is 0 Å². The molecule has 1 aliphatic rings. The molecule has 2 heterocycles. The van der Waals surface area contributed by atoms with Crippen LogP contribution in [0.4, 0.5) is 15.6 Å². The van der Waals surface area contributed by atoms with Gasteiger partial charge in [-0.15, -0.1) is 11.3 Å². The summed E-state index contributed by atoms with van der Waals surface area (Å²) in [5.74, 6) is -1.02. The molecule has 21 heavy (non-hydrogen) atoms. The van der Waals surface area contributed by atoms with Gasteiger partial charge in [0, 0.05) is 17.5 Å². The van der Waals surface area contributed by atoms with E-state index in [4.69, 9.17) is 0 Å². The predicted molar refractivity (Wildman–Crippen MR) is 79.9 cm³/mol. The van der Waals surface area contributed by atoms with Gasteiger partial charge in [0.25, 0.3) is 0 Å². The average Bonchev–Trinajstić information content (AvgIpc) is 3.02. The number of nitrogens with zero attached hydrogens (tertiary/aromatic N) is 2. The van der Waals surface area contributed by atoms with Gasteiger partial charge in [0.15, 0.2) is 5.13 Å². The molecule has 108 valence electrons. The molecule has 0 aliphatic carbocycles. The summed E-state index contributed by atoms with van der Waals surface area (Å²) in [5, 5.41) is 14.3. The van der Waals surface area contributed by atoms with Crippen LogP contribution in [0.5, 0.6) is 0 Å². The summed E-state index contributed by atoms with van der Waals surface area (Å²) in [7, 11) is 0. The highest BCUT2D eigenvalue weighted by Crippen LogP contribution is 2.32. The summed E-state index contributed by atoms with van der Waals surface area (Å²) < 4.78 is 0. The van der Waals surface area contributed by atoms with E-state index in [-0.39, 0.29) is 0 Å². The second-order valence-electron chi connectivity index (χ2n) is 4.78. The lowest BCUT2D eigenvalue weighted by atomic mass is 10.1. The SMILES string of the molecule is Cc1csc(NC(=O)N2c3ccccc3CC2C(=O)O)n1. The number of carboxylic acids is 1. The minimum absolute atomic E-state index is 0.315. The van der Waals surface area contributed by atoms with Crippen molar-refractivity contribution >= 4 is 34.2 Å². The Morgan fingerprint density at radius 1 is 1.43 bits per heavy atom. The van der Waals surface area contributed by atoms with Crippen molar-refractivity contribution < 1.29 is 14.7 Å². The highest BCUT2D eigenvalue weighted by molar-refractivity contribution is 7.13. The maximum atomic E-state index is 12.4. The van der Waals surface area contributed by atoms with Gasteiger partial charge in [0.05, 0.1) is 5.69 Å². The third-order valence-corrected chi connectivity index (χ3v) is 4.19. The van der Waals surface area contributed by atoms with Gasteiger partial charge in [0.1, 0.15) is 6.04 Å². The largest absolute Gasteiger partial charge is 0.480 e. The zero-order chi connectivity index (χ0) is 15.0. The van der Waals surface area contributed by atoms with Crippen LogP contribution in [0.25, 0.3) is 0 Å². The summed E-state index contributed by atoms with van der Waals surface area (Å²) in [5.41, 5.74) is 2.30. The maximum Gasteiger partial charge on any atom is 0.328 e. The van der Waals surface area contributed by atoms with Crippen molar-refractivity contribution in [1.82, 2.24) is 4.98 Å². The Hall–Kier alpha value is -2.41. The van der Waals surface area contributed by atoms with Gasteiger partial charge in [-0.05, 0) is 18.6 Å². The number of carboxylic acid groups (broad SMARTS) is 1. The molecule has 0 fully saturated rings. The molecule has 1 atom stereocenters. The van der Waals surface area contributed by atoms with Crippen molar-refractivity contribution in [2.75, 3.05) is 10.2 Å². The monoisotopic (exact) mass is 303 g/mol. The molecule has 0 radical (unpaired) electrons. The number of carbonyl (C=O) groups is 2. The number of hydrogen-bond donors (Lipinski definition) is 2.